The number of rotatable bonds is 2. The van der Waals surface area contributed by atoms with Crippen molar-refractivity contribution in [1.82, 2.24) is 9.55 Å². The molecule has 0 aromatic carbocycles. The topological polar surface area (TPSA) is 30.3 Å². The first-order chi connectivity index (χ1) is 8.83. The maximum atomic E-state index is 5.36. The predicted octanol–water partition coefficient (Wildman–Crippen LogP) is 2.47. The minimum absolute atomic E-state index is 0.807. The Kier molecular flexibility index (Phi) is 3.34. The molecule has 1 fully saturated rings. The zero-order chi connectivity index (χ0) is 12.4. The van der Waals surface area contributed by atoms with Gasteiger partial charge in [0, 0.05) is 36.2 Å². The van der Waals surface area contributed by atoms with Crippen molar-refractivity contribution in [3.05, 3.63) is 41.3 Å². The van der Waals surface area contributed by atoms with E-state index in [0.29, 0.717) is 0 Å². The SMILES string of the molecule is Brc1ccc(-n2ccc(N3CCOCC3)c2)nc1. The number of nitrogens with zero attached hydrogens (tertiary/aromatic N) is 3. The number of morpholine rings is 1. The lowest BCUT2D eigenvalue weighted by Crippen LogP contribution is -2.35. The smallest absolute Gasteiger partial charge is 0.136 e. The summed E-state index contributed by atoms with van der Waals surface area (Å²) in [5.41, 5.74) is 1.23. The minimum atomic E-state index is 0.807. The molecule has 0 aliphatic carbocycles. The number of hydrogen-bond donors (Lipinski definition) is 0. The minimum Gasteiger partial charge on any atom is -0.378 e. The Morgan fingerprint density at radius 2 is 2.00 bits per heavy atom. The Balaban J connectivity index is 1.82. The molecule has 0 saturated carbocycles. The summed E-state index contributed by atoms with van der Waals surface area (Å²) in [6, 6.07) is 6.11. The van der Waals surface area contributed by atoms with Crippen LogP contribution < -0.4 is 4.90 Å². The Bertz CT molecular complexity index is 517. The molecule has 2 aromatic heterocycles. The highest BCUT2D eigenvalue weighted by Gasteiger charge is 2.12. The van der Waals surface area contributed by atoms with E-state index in [1.165, 1.54) is 5.69 Å². The average Bonchev–Trinajstić information content (AvgIpc) is 2.90. The first-order valence-electron chi connectivity index (χ1n) is 5.95. The van der Waals surface area contributed by atoms with Gasteiger partial charge in [-0.15, -0.1) is 0 Å². The maximum Gasteiger partial charge on any atom is 0.136 e. The third kappa shape index (κ3) is 2.42. The summed E-state index contributed by atoms with van der Waals surface area (Å²) in [6.45, 7) is 3.53. The van der Waals surface area contributed by atoms with Gasteiger partial charge in [0.25, 0.3) is 0 Å². The number of pyridine rings is 1. The van der Waals surface area contributed by atoms with Crippen LogP contribution in [0.25, 0.3) is 5.82 Å². The van der Waals surface area contributed by atoms with Crippen LogP contribution in [0.5, 0.6) is 0 Å². The maximum absolute atomic E-state index is 5.36. The molecule has 3 heterocycles. The molecule has 0 bridgehead atoms. The lowest BCUT2D eigenvalue weighted by Gasteiger charge is -2.27. The second-order valence-electron chi connectivity index (χ2n) is 4.21. The third-order valence-corrected chi connectivity index (χ3v) is 3.50. The van der Waals surface area contributed by atoms with E-state index in [1.807, 2.05) is 29.1 Å². The molecule has 0 N–H and O–H groups in total. The highest BCUT2D eigenvalue weighted by atomic mass is 79.9. The van der Waals surface area contributed by atoms with Gasteiger partial charge >= 0.3 is 0 Å². The number of halogens is 1. The summed E-state index contributed by atoms with van der Waals surface area (Å²) in [7, 11) is 0. The fourth-order valence-electron chi connectivity index (χ4n) is 2.06. The Labute approximate surface area is 114 Å². The van der Waals surface area contributed by atoms with E-state index < -0.39 is 0 Å². The summed E-state index contributed by atoms with van der Waals surface area (Å²) < 4.78 is 8.39. The quantitative estimate of drug-likeness (QED) is 0.854. The van der Waals surface area contributed by atoms with Gasteiger partial charge in [-0.1, -0.05) is 0 Å². The van der Waals surface area contributed by atoms with Crippen molar-refractivity contribution in [3.63, 3.8) is 0 Å². The lowest BCUT2D eigenvalue weighted by atomic mass is 10.4. The van der Waals surface area contributed by atoms with E-state index in [0.717, 1.165) is 36.6 Å². The largest absolute Gasteiger partial charge is 0.378 e. The van der Waals surface area contributed by atoms with E-state index in [4.69, 9.17) is 4.74 Å². The van der Waals surface area contributed by atoms with Crippen LogP contribution in [0.3, 0.4) is 0 Å². The molecule has 0 radical (unpaired) electrons. The molecule has 0 unspecified atom stereocenters. The van der Waals surface area contributed by atoms with Gasteiger partial charge in [-0.05, 0) is 34.1 Å². The van der Waals surface area contributed by atoms with E-state index in [1.54, 1.807) is 0 Å². The van der Waals surface area contributed by atoms with Crippen molar-refractivity contribution < 1.29 is 4.74 Å². The molecule has 4 nitrogen and oxygen atoms in total. The molecule has 5 heteroatoms. The number of hydrogen-bond acceptors (Lipinski definition) is 3. The third-order valence-electron chi connectivity index (χ3n) is 3.03. The summed E-state index contributed by atoms with van der Waals surface area (Å²) in [4.78, 5) is 6.71. The fraction of sp³-hybridized carbons (Fsp3) is 0.308. The van der Waals surface area contributed by atoms with Crippen LogP contribution in [-0.4, -0.2) is 35.9 Å². The Hall–Kier alpha value is -1.33. The normalized spacial score (nSPS) is 15.9. The van der Waals surface area contributed by atoms with Crippen molar-refractivity contribution in [3.8, 4) is 5.82 Å². The molecule has 1 saturated heterocycles. The van der Waals surface area contributed by atoms with Gasteiger partial charge in [0.2, 0.25) is 0 Å². The van der Waals surface area contributed by atoms with Crippen LogP contribution in [0.4, 0.5) is 5.69 Å². The summed E-state index contributed by atoms with van der Waals surface area (Å²) >= 11 is 3.39. The van der Waals surface area contributed by atoms with Gasteiger partial charge in [-0.3, -0.25) is 0 Å². The molecule has 18 heavy (non-hydrogen) atoms. The van der Waals surface area contributed by atoms with Crippen molar-refractivity contribution in [2.24, 2.45) is 0 Å². The molecule has 1 aliphatic heterocycles. The van der Waals surface area contributed by atoms with Gasteiger partial charge in [-0.25, -0.2) is 4.98 Å². The van der Waals surface area contributed by atoms with Crippen LogP contribution in [0.15, 0.2) is 41.3 Å². The molecule has 0 atom stereocenters. The fourth-order valence-corrected chi connectivity index (χ4v) is 2.29. The van der Waals surface area contributed by atoms with E-state index in [2.05, 4.69) is 38.1 Å². The van der Waals surface area contributed by atoms with Crippen molar-refractivity contribution in [2.45, 2.75) is 0 Å². The predicted molar refractivity (Wildman–Crippen MR) is 74.3 cm³/mol. The Morgan fingerprint density at radius 3 is 2.72 bits per heavy atom. The van der Waals surface area contributed by atoms with Crippen LogP contribution in [0.2, 0.25) is 0 Å². The molecule has 1 aliphatic rings. The summed E-state index contributed by atoms with van der Waals surface area (Å²) in [5, 5.41) is 0. The van der Waals surface area contributed by atoms with Gasteiger partial charge in [0.1, 0.15) is 5.82 Å². The van der Waals surface area contributed by atoms with E-state index in [-0.39, 0.29) is 0 Å². The lowest BCUT2D eigenvalue weighted by molar-refractivity contribution is 0.122. The molecule has 94 valence electrons. The van der Waals surface area contributed by atoms with Crippen LogP contribution >= 0.6 is 15.9 Å². The van der Waals surface area contributed by atoms with E-state index in [9.17, 15) is 0 Å². The van der Waals surface area contributed by atoms with Crippen LogP contribution in [0, 0.1) is 0 Å². The second kappa shape index (κ2) is 5.12. The first kappa shape index (κ1) is 11.7. The molecule has 3 rings (SSSR count). The zero-order valence-corrected chi connectivity index (χ0v) is 11.5. The summed E-state index contributed by atoms with van der Waals surface area (Å²) in [6.07, 6.45) is 5.96. The first-order valence-corrected chi connectivity index (χ1v) is 6.75. The van der Waals surface area contributed by atoms with Crippen molar-refractivity contribution >= 4 is 21.6 Å². The van der Waals surface area contributed by atoms with Gasteiger partial charge < -0.3 is 14.2 Å². The van der Waals surface area contributed by atoms with Gasteiger partial charge in [-0.2, -0.15) is 0 Å². The average molecular weight is 308 g/mol. The van der Waals surface area contributed by atoms with Crippen LogP contribution in [0.1, 0.15) is 0 Å². The Morgan fingerprint density at radius 1 is 1.17 bits per heavy atom. The standard InChI is InChI=1S/C13H14BrN3O/c14-11-1-2-13(15-9-11)17-4-3-12(10-17)16-5-7-18-8-6-16/h1-4,9-10H,5-8H2. The molecule has 0 spiro atoms. The second-order valence-corrected chi connectivity index (χ2v) is 5.13. The number of aromatic nitrogens is 2. The number of anilines is 1. The molecular weight excluding hydrogens is 294 g/mol. The molecule has 2 aromatic rings. The molecular formula is C13H14BrN3O. The van der Waals surface area contributed by atoms with Gasteiger partial charge in [0.05, 0.1) is 18.9 Å². The number of ether oxygens (including phenoxy) is 1. The highest BCUT2D eigenvalue weighted by molar-refractivity contribution is 9.10. The van der Waals surface area contributed by atoms with Crippen molar-refractivity contribution in [2.75, 3.05) is 31.2 Å². The van der Waals surface area contributed by atoms with E-state index >= 15 is 0 Å². The van der Waals surface area contributed by atoms with Crippen molar-refractivity contribution in [1.29, 1.82) is 0 Å². The summed E-state index contributed by atoms with van der Waals surface area (Å²) in [5.74, 6) is 0.928. The molecule has 0 amide bonds. The van der Waals surface area contributed by atoms with Crippen LogP contribution in [-0.2, 0) is 4.74 Å². The van der Waals surface area contributed by atoms with Gasteiger partial charge in [0.15, 0.2) is 0 Å². The monoisotopic (exact) mass is 307 g/mol. The highest BCUT2D eigenvalue weighted by Crippen LogP contribution is 2.19. The zero-order valence-electron chi connectivity index (χ0n) is 9.92.